The summed E-state index contributed by atoms with van der Waals surface area (Å²) >= 11 is 0. The summed E-state index contributed by atoms with van der Waals surface area (Å²) in [5.41, 5.74) is 0. The van der Waals surface area contributed by atoms with Gasteiger partial charge in [0, 0.05) is 0 Å². The van der Waals surface area contributed by atoms with Gasteiger partial charge in [-0.15, -0.1) is 0 Å². The third-order valence-electron chi connectivity index (χ3n) is 3.51. The first-order valence-corrected chi connectivity index (χ1v) is 6.24. The lowest BCUT2D eigenvalue weighted by Crippen LogP contribution is -2.18. The van der Waals surface area contributed by atoms with Crippen molar-refractivity contribution >= 4 is 0 Å². The van der Waals surface area contributed by atoms with Crippen molar-refractivity contribution in [3.8, 4) is 0 Å². The highest BCUT2D eigenvalue weighted by atomic mass is 16.0. The van der Waals surface area contributed by atoms with E-state index in [-0.39, 0.29) is 11.0 Å². The molecule has 0 aromatic heterocycles. The van der Waals surface area contributed by atoms with E-state index in [4.69, 9.17) is 0 Å². The molecule has 16 heavy (non-hydrogen) atoms. The summed E-state index contributed by atoms with van der Waals surface area (Å²) in [6.45, 7) is 7.14. The van der Waals surface area contributed by atoms with Crippen LogP contribution in [0.1, 0.15) is 52.9 Å². The quantitative estimate of drug-likeness (QED) is 0.781. The molecule has 1 unspecified atom stereocenters. The normalized spacial score (nSPS) is 25.3. The van der Waals surface area contributed by atoms with Crippen molar-refractivity contribution in [2.24, 2.45) is 17.8 Å². The number of hydrogen-bond acceptors (Lipinski definition) is 1. The van der Waals surface area contributed by atoms with Crippen LogP contribution >= 0.6 is 0 Å². The minimum absolute atomic E-state index is 0. The van der Waals surface area contributed by atoms with Crippen molar-refractivity contribution < 1.29 is 11.0 Å². The summed E-state index contributed by atoms with van der Waals surface area (Å²) in [5.74, 6) is 3.04. The van der Waals surface area contributed by atoms with Crippen LogP contribution in [0.4, 0.5) is 0 Å². The first-order chi connectivity index (χ1) is 6.65. The van der Waals surface area contributed by atoms with Gasteiger partial charge in [0.05, 0.1) is 0 Å². The molecule has 1 saturated carbocycles. The molecular formula is C13H33NO2. The van der Waals surface area contributed by atoms with Gasteiger partial charge >= 0.3 is 0 Å². The molecule has 0 saturated heterocycles. The molecule has 0 bridgehead atoms. The Bertz CT molecular complexity index is 123. The van der Waals surface area contributed by atoms with Crippen molar-refractivity contribution in [3.63, 3.8) is 0 Å². The third kappa shape index (κ3) is 9.13. The number of rotatable bonds is 2. The van der Waals surface area contributed by atoms with Gasteiger partial charge in [-0.1, -0.05) is 40.0 Å². The SMILES string of the molecule is CCC(C)C1CCC(C)CC1.CNC.O.O. The largest absolute Gasteiger partial charge is 0.412 e. The molecule has 1 aliphatic rings. The molecule has 3 heteroatoms. The van der Waals surface area contributed by atoms with Gasteiger partial charge in [-0.2, -0.15) is 0 Å². The highest BCUT2D eigenvalue weighted by Crippen LogP contribution is 2.33. The Balaban J connectivity index is -0.000000306. The summed E-state index contributed by atoms with van der Waals surface area (Å²) < 4.78 is 0. The second kappa shape index (κ2) is 12.9. The second-order valence-corrected chi connectivity index (χ2v) is 4.91. The average Bonchev–Trinajstić information content (AvgIpc) is 2.19. The predicted octanol–water partition coefficient (Wildman–Crippen LogP) is 2.05. The van der Waals surface area contributed by atoms with Crippen LogP contribution in [0.5, 0.6) is 0 Å². The van der Waals surface area contributed by atoms with E-state index in [1.54, 1.807) is 0 Å². The molecule has 0 aromatic rings. The number of hydrogen-bond donors (Lipinski definition) is 1. The molecule has 0 spiro atoms. The van der Waals surface area contributed by atoms with Crippen molar-refractivity contribution in [2.45, 2.75) is 52.9 Å². The number of nitrogens with one attached hydrogen (secondary N) is 1. The van der Waals surface area contributed by atoms with Crippen molar-refractivity contribution in [3.05, 3.63) is 0 Å². The van der Waals surface area contributed by atoms with Gasteiger partial charge in [0.25, 0.3) is 0 Å². The lowest BCUT2D eigenvalue weighted by atomic mass is 9.76. The van der Waals surface area contributed by atoms with Crippen LogP contribution < -0.4 is 5.32 Å². The minimum Gasteiger partial charge on any atom is -0.412 e. The summed E-state index contributed by atoms with van der Waals surface area (Å²) in [7, 11) is 3.75. The topological polar surface area (TPSA) is 75.0 Å². The van der Waals surface area contributed by atoms with E-state index in [1.165, 1.54) is 32.1 Å². The maximum atomic E-state index is 2.75. The zero-order chi connectivity index (χ0) is 11.0. The van der Waals surface area contributed by atoms with Crippen molar-refractivity contribution in [1.82, 2.24) is 5.32 Å². The van der Waals surface area contributed by atoms with Gasteiger partial charge in [0.15, 0.2) is 0 Å². The van der Waals surface area contributed by atoms with Gasteiger partial charge in [-0.05, 0) is 44.7 Å². The van der Waals surface area contributed by atoms with Crippen LogP contribution in [0, 0.1) is 17.8 Å². The summed E-state index contributed by atoms with van der Waals surface area (Å²) in [5, 5.41) is 2.75. The molecule has 1 rings (SSSR count). The van der Waals surface area contributed by atoms with E-state index in [0.29, 0.717) is 0 Å². The lowest BCUT2D eigenvalue weighted by Gasteiger charge is -2.30. The fourth-order valence-electron chi connectivity index (χ4n) is 2.19. The van der Waals surface area contributed by atoms with Gasteiger partial charge in [0.1, 0.15) is 0 Å². The molecule has 1 fully saturated rings. The highest BCUT2D eigenvalue weighted by molar-refractivity contribution is 4.73. The molecule has 0 radical (unpaired) electrons. The zero-order valence-corrected chi connectivity index (χ0v) is 11.8. The van der Waals surface area contributed by atoms with Crippen LogP contribution in [0.2, 0.25) is 0 Å². The van der Waals surface area contributed by atoms with E-state index in [0.717, 1.165) is 17.8 Å². The van der Waals surface area contributed by atoms with Gasteiger partial charge < -0.3 is 16.3 Å². The van der Waals surface area contributed by atoms with E-state index >= 15 is 0 Å². The summed E-state index contributed by atoms with van der Waals surface area (Å²) in [6, 6.07) is 0. The molecule has 102 valence electrons. The molecule has 0 amide bonds. The average molecular weight is 235 g/mol. The maximum Gasteiger partial charge on any atom is -0.0167 e. The first kappa shape index (κ1) is 21.2. The second-order valence-electron chi connectivity index (χ2n) is 4.91. The Morgan fingerprint density at radius 1 is 1.06 bits per heavy atom. The maximum absolute atomic E-state index is 2.75. The molecule has 1 aliphatic carbocycles. The Hall–Kier alpha value is -0.120. The smallest absolute Gasteiger partial charge is 0.0167 e. The van der Waals surface area contributed by atoms with Gasteiger partial charge in [0.2, 0.25) is 0 Å². The molecular weight excluding hydrogens is 202 g/mol. The van der Waals surface area contributed by atoms with Crippen molar-refractivity contribution in [2.75, 3.05) is 14.1 Å². The van der Waals surface area contributed by atoms with E-state index in [1.807, 2.05) is 14.1 Å². The standard InChI is InChI=1S/C11H22.C2H7N.2H2O/c1-4-10(3)11-7-5-9(2)6-8-11;1-3-2;;/h9-11H,4-8H2,1-3H3;3H,1-2H3;2*1H2. The highest BCUT2D eigenvalue weighted by Gasteiger charge is 2.21. The Morgan fingerprint density at radius 2 is 1.44 bits per heavy atom. The zero-order valence-electron chi connectivity index (χ0n) is 11.8. The van der Waals surface area contributed by atoms with Gasteiger partial charge in [-0.25, -0.2) is 0 Å². The van der Waals surface area contributed by atoms with Crippen LogP contribution in [0.15, 0.2) is 0 Å². The van der Waals surface area contributed by atoms with Crippen LogP contribution in [-0.2, 0) is 0 Å². The van der Waals surface area contributed by atoms with Crippen LogP contribution in [-0.4, -0.2) is 25.0 Å². The summed E-state index contributed by atoms with van der Waals surface area (Å²) in [6.07, 6.45) is 7.33. The molecule has 0 heterocycles. The first-order valence-electron chi connectivity index (χ1n) is 6.24. The fraction of sp³-hybridized carbons (Fsp3) is 1.00. The monoisotopic (exact) mass is 235 g/mol. The van der Waals surface area contributed by atoms with E-state index < -0.39 is 0 Å². The molecule has 0 aromatic carbocycles. The minimum atomic E-state index is 0. The molecule has 3 nitrogen and oxygen atoms in total. The Morgan fingerprint density at radius 3 is 1.75 bits per heavy atom. The van der Waals surface area contributed by atoms with Gasteiger partial charge in [-0.3, -0.25) is 0 Å². The fourth-order valence-corrected chi connectivity index (χ4v) is 2.19. The van der Waals surface area contributed by atoms with Crippen LogP contribution in [0.25, 0.3) is 0 Å². The predicted molar refractivity (Wildman–Crippen MR) is 72.8 cm³/mol. The molecule has 1 atom stereocenters. The van der Waals surface area contributed by atoms with Crippen molar-refractivity contribution in [1.29, 1.82) is 0 Å². The molecule has 0 aliphatic heterocycles. The Labute approximate surface area is 102 Å². The lowest BCUT2D eigenvalue weighted by molar-refractivity contribution is 0.219. The molecule has 5 N–H and O–H groups in total. The van der Waals surface area contributed by atoms with E-state index in [9.17, 15) is 0 Å². The van der Waals surface area contributed by atoms with Crippen LogP contribution in [0.3, 0.4) is 0 Å². The summed E-state index contributed by atoms with van der Waals surface area (Å²) in [4.78, 5) is 0. The third-order valence-corrected chi connectivity index (χ3v) is 3.51. The Kier molecular flexibility index (Phi) is 17.2. The van der Waals surface area contributed by atoms with E-state index in [2.05, 4.69) is 26.1 Å².